The van der Waals surface area contributed by atoms with Crippen molar-refractivity contribution >= 4 is 5.95 Å². The van der Waals surface area contributed by atoms with E-state index in [4.69, 9.17) is 0 Å². The molecule has 1 aliphatic rings. The van der Waals surface area contributed by atoms with Gasteiger partial charge < -0.3 is 4.90 Å². The fourth-order valence-electron chi connectivity index (χ4n) is 3.36. The fourth-order valence-corrected chi connectivity index (χ4v) is 3.36. The molecule has 1 aliphatic heterocycles. The lowest BCUT2D eigenvalue weighted by Gasteiger charge is -2.20. The first-order chi connectivity index (χ1) is 11.7. The van der Waals surface area contributed by atoms with Gasteiger partial charge in [-0.05, 0) is 47.4 Å². The van der Waals surface area contributed by atoms with Crippen LogP contribution in [0.15, 0.2) is 30.3 Å². The number of hydrogen-bond donors (Lipinski definition) is 0. The topological polar surface area (TPSA) is 64.7 Å². The van der Waals surface area contributed by atoms with Gasteiger partial charge in [-0.3, -0.25) is 4.68 Å². The van der Waals surface area contributed by atoms with Gasteiger partial charge in [0.05, 0.1) is 17.9 Å². The second-order valence-electron chi connectivity index (χ2n) is 6.29. The summed E-state index contributed by atoms with van der Waals surface area (Å²) in [4.78, 5) is 2.28. The zero-order chi connectivity index (χ0) is 16.5. The van der Waals surface area contributed by atoms with E-state index in [0.717, 1.165) is 43.3 Å². The first kappa shape index (κ1) is 14.9. The first-order valence-electron chi connectivity index (χ1n) is 8.28. The molecule has 1 aromatic carbocycles. The van der Waals surface area contributed by atoms with Gasteiger partial charge in [0, 0.05) is 20.1 Å². The summed E-state index contributed by atoms with van der Waals surface area (Å²) in [6, 6.07) is 10.7. The van der Waals surface area contributed by atoms with Crippen LogP contribution >= 0.6 is 0 Å². The summed E-state index contributed by atoms with van der Waals surface area (Å²) in [7, 11) is 1.95. The van der Waals surface area contributed by atoms with Crippen molar-refractivity contribution in [2.24, 2.45) is 7.05 Å². The normalized spacial score (nSPS) is 14.5. The molecule has 0 atom stereocenters. The van der Waals surface area contributed by atoms with E-state index in [1.54, 1.807) is 0 Å². The number of tetrazole rings is 1. The maximum atomic E-state index is 4.40. The predicted molar refractivity (Wildman–Crippen MR) is 90.9 cm³/mol. The van der Waals surface area contributed by atoms with Crippen LogP contribution in [0.25, 0.3) is 0 Å². The molecule has 0 bridgehead atoms. The third kappa shape index (κ3) is 2.77. The number of anilines is 1. The highest BCUT2D eigenvalue weighted by atomic mass is 15.6. The van der Waals surface area contributed by atoms with Gasteiger partial charge in [0.1, 0.15) is 0 Å². The summed E-state index contributed by atoms with van der Waals surface area (Å²) in [6.07, 6.45) is 2.04. The van der Waals surface area contributed by atoms with Crippen molar-refractivity contribution < 1.29 is 0 Å². The first-order valence-corrected chi connectivity index (χ1v) is 8.28. The minimum absolute atomic E-state index is 0.628. The number of nitrogens with zero attached hydrogens (tertiary/aromatic N) is 7. The van der Waals surface area contributed by atoms with Crippen molar-refractivity contribution in [2.75, 3.05) is 18.0 Å². The molecule has 7 heteroatoms. The maximum absolute atomic E-state index is 4.40. The lowest BCUT2D eigenvalue weighted by Crippen LogP contribution is -2.29. The van der Waals surface area contributed by atoms with E-state index in [1.807, 2.05) is 23.3 Å². The summed E-state index contributed by atoms with van der Waals surface area (Å²) in [5.74, 6) is 0.835. The molecular weight excluding hydrogens is 302 g/mol. The molecule has 0 aliphatic carbocycles. The molecule has 0 N–H and O–H groups in total. The molecule has 2 aromatic heterocycles. The van der Waals surface area contributed by atoms with E-state index in [2.05, 4.69) is 55.9 Å². The van der Waals surface area contributed by atoms with Gasteiger partial charge in [-0.2, -0.15) is 5.10 Å². The number of aromatic nitrogens is 6. The molecule has 0 spiro atoms. The van der Waals surface area contributed by atoms with Gasteiger partial charge in [-0.15, -0.1) is 0 Å². The zero-order valence-corrected chi connectivity index (χ0v) is 14.1. The summed E-state index contributed by atoms with van der Waals surface area (Å²) in [6.45, 7) is 4.49. The van der Waals surface area contributed by atoms with Crippen LogP contribution in [-0.2, 0) is 26.4 Å². The lowest BCUT2D eigenvalue weighted by molar-refractivity contribution is 0.589. The summed E-state index contributed by atoms with van der Waals surface area (Å²) < 4.78 is 3.76. The van der Waals surface area contributed by atoms with Crippen LogP contribution in [0.2, 0.25) is 0 Å². The maximum Gasteiger partial charge on any atom is 0.245 e. The molecule has 7 nitrogen and oxygen atoms in total. The number of hydrogen-bond acceptors (Lipinski definition) is 5. The van der Waals surface area contributed by atoms with E-state index in [1.165, 1.54) is 11.1 Å². The summed E-state index contributed by atoms with van der Waals surface area (Å²) in [5.41, 5.74) is 4.97. The molecule has 3 aromatic rings. The van der Waals surface area contributed by atoms with Crippen molar-refractivity contribution in [3.63, 3.8) is 0 Å². The number of benzene rings is 1. The smallest absolute Gasteiger partial charge is 0.245 e. The second-order valence-corrected chi connectivity index (χ2v) is 6.29. The molecule has 0 saturated heterocycles. The molecule has 4 rings (SSSR count). The number of fused-ring (bicyclic) bond motifs is 1. The van der Waals surface area contributed by atoms with Crippen molar-refractivity contribution in [3.05, 3.63) is 52.8 Å². The molecular formula is C17H21N7. The fraction of sp³-hybridized carbons (Fsp3) is 0.412. The van der Waals surface area contributed by atoms with Crippen molar-refractivity contribution in [3.8, 4) is 0 Å². The molecule has 3 heterocycles. The van der Waals surface area contributed by atoms with Gasteiger partial charge >= 0.3 is 0 Å². The molecule has 0 saturated carbocycles. The molecule has 0 amide bonds. The van der Waals surface area contributed by atoms with Gasteiger partial charge in [-0.1, -0.05) is 29.4 Å². The quantitative estimate of drug-likeness (QED) is 0.728. The number of aryl methyl sites for hydroxylation is 2. The Bertz CT molecular complexity index is 821. The predicted octanol–water partition coefficient (Wildman–Crippen LogP) is 1.37. The van der Waals surface area contributed by atoms with Gasteiger partial charge in [0.25, 0.3) is 0 Å². The molecule has 124 valence electrons. The van der Waals surface area contributed by atoms with Crippen molar-refractivity contribution in [2.45, 2.75) is 26.3 Å². The third-order valence-electron chi connectivity index (χ3n) is 4.63. The Hall–Kier alpha value is -2.70. The number of rotatable bonds is 3. The molecule has 0 fully saturated rings. The van der Waals surface area contributed by atoms with E-state index >= 15 is 0 Å². The van der Waals surface area contributed by atoms with Crippen LogP contribution in [-0.4, -0.2) is 43.1 Å². The summed E-state index contributed by atoms with van der Waals surface area (Å²) >= 11 is 0. The minimum atomic E-state index is 0.628. The van der Waals surface area contributed by atoms with E-state index in [0.29, 0.717) is 6.54 Å². The Morgan fingerprint density at radius 2 is 1.79 bits per heavy atom. The largest absolute Gasteiger partial charge is 0.339 e. The van der Waals surface area contributed by atoms with Crippen LogP contribution in [0.5, 0.6) is 0 Å². The average molecular weight is 323 g/mol. The minimum Gasteiger partial charge on any atom is -0.339 e. The highest BCUT2D eigenvalue weighted by Gasteiger charge is 2.19. The Morgan fingerprint density at radius 1 is 1.08 bits per heavy atom. The Kier molecular flexibility index (Phi) is 3.76. The van der Waals surface area contributed by atoms with E-state index < -0.39 is 0 Å². The monoisotopic (exact) mass is 323 g/mol. The summed E-state index contributed by atoms with van der Waals surface area (Å²) in [5, 5.41) is 16.8. The second kappa shape index (κ2) is 6.07. The van der Waals surface area contributed by atoms with Crippen molar-refractivity contribution in [1.29, 1.82) is 0 Å². The third-order valence-corrected chi connectivity index (χ3v) is 4.63. The van der Waals surface area contributed by atoms with Crippen LogP contribution in [0, 0.1) is 6.92 Å². The van der Waals surface area contributed by atoms with Crippen LogP contribution < -0.4 is 4.90 Å². The highest BCUT2D eigenvalue weighted by molar-refractivity contribution is 5.36. The Morgan fingerprint density at radius 3 is 2.42 bits per heavy atom. The van der Waals surface area contributed by atoms with E-state index in [9.17, 15) is 0 Å². The standard InChI is InChI=1S/C17H21N7/c1-13-11-16(22(2)19-13)12-24-17(18-20-21-24)23-9-7-14-5-3-4-6-15(14)8-10-23/h3-6,11H,7-10,12H2,1-2H3. The van der Waals surface area contributed by atoms with E-state index in [-0.39, 0.29) is 0 Å². The van der Waals surface area contributed by atoms with Gasteiger partial charge in [0.2, 0.25) is 5.95 Å². The Balaban J connectivity index is 1.56. The van der Waals surface area contributed by atoms with Crippen LogP contribution in [0.1, 0.15) is 22.5 Å². The van der Waals surface area contributed by atoms with Crippen LogP contribution in [0.3, 0.4) is 0 Å². The molecule has 0 unspecified atom stereocenters. The van der Waals surface area contributed by atoms with Gasteiger partial charge in [0.15, 0.2) is 0 Å². The average Bonchev–Trinajstić information content (AvgIpc) is 3.08. The lowest BCUT2D eigenvalue weighted by atomic mass is 10.0. The zero-order valence-electron chi connectivity index (χ0n) is 14.1. The Labute approximate surface area is 140 Å². The SMILES string of the molecule is Cc1cc(Cn2nnnc2N2CCc3ccccc3CC2)n(C)n1. The molecule has 24 heavy (non-hydrogen) atoms. The molecule has 0 radical (unpaired) electrons. The van der Waals surface area contributed by atoms with Crippen molar-refractivity contribution in [1.82, 2.24) is 30.0 Å². The van der Waals surface area contributed by atoms with Crippen LogP contribution in [0.4, 0.5) is 5.95 Å². The highest BCUT2D eigenvalue weighted by Crippen LogP contribution is 2.19. The van der Waals surface area contributed by atoms with Gasteiger partial charge in [-0.25, -0.2) is 4.68 Å².